The van der Waals surface area contributed by atoms with Crippen molar-refractivity contribution >= 4 is 12.0 Å². The first-order chi connectivity index (χ1) is 13.1. The van der Waals surface area contributed by atoms with Crippen LogP contribution in [0.15, 0.2) is 24.3 Å². The minimum absolute atomic E-state index is 0.195. The summed E-state index contributed by atoms with van der Waals surface area (Å²) in [6.07, 6.45) is 8.86. The number of nitrogens with zero attached hydrogens (tertiary/aromatic N) is 1. The quantitative estimate of drug-likeness (QED) is 0.740. The van der Waals surface area contributed by atoms with Crippen molar-refractivity contribution in [1.82, 2.24) is 4.90 Å². The summed E-state index contributed by atoms with van der Waals surface area (Å²) in [5, 5.41) is 0. The van der Waals surface area contributed by atoms with Gasteiger partial charge in [0.15, 0.2) is 0 Å². The van der Waals surface area contributed by atoms with Gasteiger partial charge in [-0.3, -0.25) is 4.79 Å². The van der Waals surface area contributed by atoms with E-state index in [-0.39, 0.29) is 5.91 Å². The van der Waals surface area contributed by atoms with Gasteiger partial charge in [0.2, 0.25) is 0 Å². The topological polar surface area (TPSA) is 72.6 Å². The van der Waals surface area contributed by atoms with E-state index in [9.17, 15) is 9.59 Å². The maximum absolute atomic E-state index is 13.2. The molecule has 0 heterocycles. The molecule has 5 nitrogen and oxygen atoms in total. The predicted octanol–water partition coefficient (Wildman–Crippen LogP) is 4.29. The summed E-state index contributed by atoms with van der Waals surface area (Å²) in [6, 6.07) is 8.95. The van der Waals surface area contributed by atoms with E-state index >= 15 is 0 Å². The zero-order valence-corrected chi connectivity index (χ0v) is 16.4. The second-order valence-electron chi connectivity index (χ2n) is 8.02. The molecule has 2 aliphatic rings. The molecular weight excluding hydrogens is 340 g/mol. The van der Waals surface area contributed by atoms with Crippen LogP contribution in [0.4, 0.5) is 4.79 Å². The summed E-state index contributed by atoms with van der Waals surface area (Å²) < 4.78 is 4.86. The summed E-state index contributed by atoms with van der Waals surface area (Å²) in [7, 11) is 0. The Hall–Kier alpha value is -2.04. The van der Waals surface area contributed by atoms with Crippen molar-refractivity contribution in [2.24, 2.45) is 11.7 Å². The summed E-state index contributed by atoms with van der Waals surface area (Å²) in [4.78, 5) is 26.0. The van der Waals surface area contributed by atoms with Crippen LogP contribution in [0.1, 0.15) is 74.2 Å². The molecule has 2 saturated carbocycles. The van der Waals surface area contributed by atoms with Gasteiger partial charge < -0.3 is 15.4 Å². The Balaban J connectivity index is 1.56. The molecule has 2 aliphatic carbocycles. The standard InChI is InChI=1S/C22H32N2O3/c1-2-3-16-4-8-18(9-5-16)21(25)24(20-12-13-20)19-10-6-17(7-11-19)14-15-27-22(23)26/h4-5,8-9,17,19-20H,2-3,6-7,10-15H2,1H3,(H2,23,26). The number of nitrogens with two attached hydrogens (primary N) is 1. The van der Waals surface area contributed by atoms with Crippen LogP contribution in [0.5, 0.6) is 0 Å². The van der Waals surface area contributed by atoms with Crippen LogP contribution in [0, 0.1) is 5.92 Å². The highest BCUT2D eigenvalue weighted by Gasteiger charge is 2.39. The number of amides is 2. The summed E-state index contributed by atoms with van der Waals surface area (Å²) in [6.45, 7) is 2.57. The van der Waals surface area contributed by atoms with Crippen LogP contribution in [-0.4, -0.2) is 35.6 Å². The van der Waals surface area contributed by atoms with Crippen LogP contribution in [0.25, 0.3) is 0 Å². The molecule has 0 aromatic heterocycles. The SMILES string of the molecule is CCCc1ccc(C(=O)N(C2CCC(CCOC(N)=O)CC2)C2CC2)cc1. The average molecular weight is 373 g/mol. The van der Waals surface area contributed by atoms with E-state index in [0.29, 0.717) is 24.6 Å². The van der Waals surface area contributed by atoms with Gasteiger partial charge in [-0.2, -0.15) is 0 Å². The van der Waals surface area contributed by atoms with Gasteiger partial charge in [0, 0.05) is 17.6 Å². The minimum Gasteiger partial charge on any atom is -0.450 e. The van der Waals surface area contributed by atoms with Crippen LogP contribution in [0.3, 0.4) is 0 Å². The number of primary amides is 1. The third-order valence-electron chi connectivity index (χ3n) is 5.89. The van der Waals surface area contributed by atoms with Crippen molar-refractivity contribution in [2.45, 2.75) is 76.8 Å². The fourth-order valence-electron chi connectivity index (χ4n) is 4.27. The first-order valence-electron chi connectivity index (χ1n) is 10.4. The second-order valence-corrected chi connectivity index (χ2v) is 8.02. The molecule has 2 N–H and O–H groups in total. The largest absolute Gasteiger partial charge is 0.450 e. The van der Waals surface area contributed by atoms with E-state index in [1.165, 1.54) is 5.56 Å². The Morgan fingerprint density at radius 1 is 1.04 bits per heavy atom. The van der Waals surface area contributed by atoms with Crippen molar-refractivity contribution in [3.63, 3.8) is 0 Å². The highest BCUT2D eigenvalue weighted by atomic mass is 16.5. The van der Waals surface area contributed by atoms with Gasteiger partial charge in [0.05, 0.1) is 6.61 Å². The van der Waals surface area contributed by atoms with Crippen LogP contribution >= 0.6 is 0 Å². The first kappa shape index (κ1) is 19.7. The van der Waals surface area contributed by atoms with Gasteiger partial charge in [0.1, 0.15) is 0 Å². The Morgan fingerprint density at radius 2 is 1.63 bits per heavy atom. The Kier molecular flexibility index (Phi) is 6.75. The van der Waals surface area contributed by atoms with Crippen molar-refractivity contribution in [2.75, 3.05) is 6.61 Å². The molecule has 0 unspecified atom stereocenters. The molecule has 1 aromatic carbocycles. The number of ether oxygens (including phenoxy) is 1. The molecule has 2 amide bonds. The summed E-state index contributed by atoms with van der Waals surface area (Å²) in [5.41, 5.74) is 7.13. The molecule has 1 aromatic rings. The van der Waals surface area contributed by atoms with Crippen molar-refractivity contribution < 1.29 is 14.3 Å². The van der Waals surface area contributed by atoms with Gasteiger partial charge in [-0.15, -0.1) is 0 Å². The highest BCUT2D eigenvalue weighted by molar-refractivity contribution is 5.95. The molecule has 27 heavy (non-hydrogen) atoms. The molecule has 0 atom stereocenters. The molecule has 3 rings (SSSR count). The lowest BCUT2D eigenvalue weighted by molar-refractivity contribution is 0.0574. The van der Waals surface area contributed by atoms with E-state index in [0.717, 1.165) is 63.4 Å². The van der Waals surface area contributed by atoms with Crippen LogP contribution < -0.4 is 5.73 Å². The number of carbonyl (C=O) groups is 2. The average Bonchev–Trinajstić information content (AvgIpc) is 3.49. The Morgan fingerprint density at radius 3 is 2.15 bits per heavy atom. The van der Waals surface area contributed by atoms with E-state index in [1.54, 1.807) is 0 Å². The molecule has 2 fully saturated rings. The molecule has 148 valence electrons. The van der Waals surface area contributed by atoms with Crippen LogP contribution in [0.2, 0.25) is 0 Å². The molecule has 0 spiro atoms. The number of carbonyl (C=O) groups excluding carboxylic acids is 2. The van der Waals surface area contributed by atoms with Crippen molar-refractivity contribution in [3.8, 4) is 0 Å². The van der Waals surface area contributed by atoms with Gasteiger partial charge in [-0.05, 0) is 75.0 Å². The molecule has 5 heteroatoms. The van der Waals surface area contributed by atoms with Gasteiger partial charge in [0.25, 0.3) is 5.91 Å². The third kappa shape index (κ3) is 5.47. The zero-order valence-electron chi connectivity index (χ0n) is 16.4. The van der Waals surface area contributed by atoms with Crippen molar-refractivity contribution in [1.29, 1.82) is 0 Å². The van der Waals surface area contributed by atoms with E-state index in [2.05, 4.69) is 24.0 Å². The maximum atomic E-state index is 13.2. The Bertz CT molecular complexity index is 631. The van der Waals surface area contributed by atoms with Gasteiger partial charge >= 0.3 is 6.09 Å². The maximum Gasteiger partial charge on any atom is 0.404 e. The lowest BCUT2D eigenvalue weighted by atomic mass is 9.83. The number of benzene rings is 1. The number of aryl methyl sites for hydroxylation is 1. The molecule has 0 bridgehead atoms. The fourth-order valence-corrected chi connectivity index (χ4v) is 4.27. The lowest BCUT2D eigenvalue weighted by Gasteiger charge is -2.37. The fraction of sp³-hybridized carbons (Fsp3) is 0.636. The second kappa shape index (κ2) is 9.25. The summed E-state index contributed by atoms with van der Waals surface area (Å²) in [5.74, 6) is 0.756. The highest BCUT2D eigenvalue weighted by Crippen LogP contribution is 2.37. The Labute approximate surface area is 162 Å². The number of hydrogen-bond acceptors (Lipinski definition) is 3. The van der Waals surface area contributed by atoms with E-state index in [1.807, 2.05) is 12.1 Å². The monoisotopic (exact) mass is 372 g/mol. The molecule has 0 aliphatic heterocycles. The molecule has 0 radical (unpaired) electrons. The smallest absolute Gasteiger partial charge is 0.404 e. The minimum atomic E-state index is -0.695. The molecular formula is C22H32N2O3. The van der Waals surface area contributed by atoms with E-state index in [4.69, 9.17) is 10.5 Å². The van der Waals surface area contributed by atoms with Gasteiger partial charge in [-0.25, -0.2) is 4.79 Å². The zero-order chi connectivity index (χ0) is 19.2. The first-order valence-corrected chi connectivity index (χ1v) is 10.4. The predicted molar refractivity (Wildman–Crippen MR) is 106 cm³/mol. The normalized spacial score (nSPS) is 22.3. The van der Waals surface area contributed by atoms with Gasteiger partial charge in [-0.1, -0.05) is 25.5 Å². The lowest BCUT2D eigenvalue weighted by Crippen LogP contribution is -2.44. The number of rotatable bonds is 8. The number of hydrogen-bond donors (Lipinski definition) is 1. The third-order valence-corrected chi connectivity index (χ3v) is 5.89. The van der Waals surface area contributed by atoms with Crippen LogP contribution in [-0.2, 0) is 11.2 Å². The summed E-state index contributed by atoms with van der Waals surface area (Å²) >= 11 is 0. The van der Waals surface area contributed by atoms with E-state index < -0.39 is 6.09 Å². The van der Waals surface area contributed by atoms with Crippen molar-refractivity contribution in [3.05, 3.63) is 35.4 Å². The molecule has 0 saturated heterocycles.